The summed E-state index contributed by atoms with van der Waals surface area (Å²) in [6.45, 7) is 9.32. The number of rotatable bonds is 4. The summed E-state index contributed by atoms with van der Waals surface area (Å²) in [5.41, 5.74) is 9.58. The van der Waals surface area contributed by atoms with Crippen molar-refractivity contribution in [2.45, 2.75) is 39.8 Å². The van der Waals surface area contributed by atoms with E-state index < -0.39 is 0 Å². The molecule has 5 nitrogen and oxygen atoms in total. The second-order valence-corrected chi connectivity index (χ2v) is 8.29. The van der Waals surface area contributed by atoms with Crippen LogP contribution in [0, 0.1) is 12.3 Å². The number of aryl methyl sites for hydroxylation is 1. The zero-order valence-electron chi connectivity index (χ0n) is 16.4. The topological polar surface area (TPSA) is 60.2 Å². The van der Waals surface area contributed by atoms with Gasteiger partial charge in [-0.3, -0.25) is 4.90 Å². The molecular weight excluding hydrogens is 336 g/mol. The first-order valence-corrected chi connectivity index (χ1v) is 9.61. The Bertz CT molecular complexity index is 910. The van der Waals surface area contributed by atoms with Crippen LogP contribution in [0.4, 0.5) is 0 Å². The maximum atomic E-state index is 6.31. The quantitative estimate of drug-likeness (QED) is 0.760. The fraction of sp³-hybridized carbons (Fsp3) is 0.409. The molecule has 4 rings (SSSR count). The molecule has 0 saturated carbocycles. The van der Waals surface area contributed by atoms with E-state index in [1.165, 1.54) is 5.56 Å². The standard InChI is InChI=1S/C22H28N4O/c1-16-9-10-19(27-16)21-17(13-25-12-11-20(23)22(2,3)15-25)14-26(24-21)18-7-5-4-6-8-18/h4-10,14,20H,11-13,15,23H2,1-3H3. The smallest absolute Gasteiger partial charge is 0.154 e. The largest absolute Gasteiger partial charge is 0.460 e. The number of nitrogens with two attached hydrogens (primary N) is 1. The number of piperidine rings is 1. The molecule has 1 fully saturated rings. The second kappa shape index (κ2) is 6.98. The number of hydrogen-bond acceptors (Lipinski definition) is 4. The molecule has 3 aromatic rings. The lowest BCUT2D eigenvalue weighted by atomic mass is 9.79. The molecule has 0 spiro atoms. The third-order valence-corrected chi connectivity index (χ3v) is 5.57. The lowest BCUT2D eigenvalue weighted by molar-refractivity contribution is 0.0899. The third-order valence-electron chi connectivity index (χ3n) is 5.57. The predicted octanol–water partition coefficient (Wildman–Crippen LogP) is 4.00. The van der Waals surface area contributed by atoms with E-state index in [2.05, 4.69) is 37.1 Å². The lowest BCUT2D eigenvalue weighted by Gasteiger charge is -2.42. The molecule has 1 aliphatic heterocycles. The normalized spacial score (nSPS) is 20.1. The number of aromatic nitrogens is 2. The van der Waals surface area contributed by atoms with E-state index in [4.69, 9.17) is 15.2 Å². The number of furan rings is 1. The molecule has 1 atom stereocenters. The first-order valence-electron chi connectivity index (χ1n) is 9.61. The minimum atomic E-state index is 0.120. The summed E-state index contributed by atoms with van der Waals surface area (Å²) < 4.78 is 7.84. The van der Waals surface area contributed by atoms with Crippen molar-refractivity contribution in [2.24, 2.45) is 11.1 Å². The summed E-state index contributed by atoms with van der Waals surface area (Å²) in [7, 11) is 0. The van der Waals surface area contributed by atoms with E-state index in [1.807, 2.05) is 41.9 Å². The first-order chi connectivity index (χ1) is 12.9. The number of nitrogens with zero attached hydrogens (tertiary/aromatic N) is 3. The van der Waals surface area contributed by atoms with Crippen molar-refractivity contribution in [3.63, 3.8) is 0 Å². The average molecular weight is 364 g/mol. The van der Waals surface area contributed by atoms with Gasteiger partial charge in [-0.1, -0.05) is 32.0 Å². The second-order valence-electron chi connectivity index (χ2n) is 8.29. The highest BCUT2D eigenvalue weighted by molar-refractivity contribution is 5.57. The number of para-hydroxylation sites is 1. The van der Waals surface area contributed by atoms with Gasteiger partial charge in [-0.2, -0.15) is 5.10 Å². The van der Waals surface area contributed by atoms with Gasteiger partial charge in [0.25, 0.3) is 0 Å². The fourth-order valence-corrected chi connectivity index (χ4v) is 3.87. The van der Waals surface area contributed by atoms with E-state index in [0.29, 0.717) is 0 Å². The minimum Gasteiger partial charge on any atom is -0.460 e. The van der Waals surface area contributed by atoms with Crippen molar-refractivity contribution in [1.82, 2.24) is 14.7 Å². The van der Waals surface area contributed by atoms with E-state index >= 15 is 0 Å². The summed E-state index contributed by atoms with van der Waals surface area (Å²) in [6, 6.07) is 14.5. The van der Waals surface area contributed by atoms with E-state index in [1.54, 1.807) is 0 Å². The van der Waals surface area contributed by atoms with Crippen LogP contribution >= 0.6 is 0 Å². The molecule has 142 valence electrons. The van der Waals surface area contributed by atoms with Crippen molar-refractivity contribution < 1.29 is 4.42 Å². The zero-order chi connectivity index (χ0) is 19.0. The van der Waals surface area contributed by atoms with Crippen LogP contribution in [0.2, 0.25) is 0 Å². The van der Waals surface area contributed by atoms with Crippen LogP contribution in [0.15, 0.2) is 53.1 Å². The highest BCUT2D eigenvalue weighted by Gasteiger charge is 2.33. The minimum absolute atomic E-state index is 0.120. The van der Waals surface area contributed by atoms with Crippen molar-refractivity contribution >= 4 is 0 Å². The maximum Gasteiger partial charge on any atom is 0.154 e. The van der Waals surface area contributed by atoms with Gasteiger partial charge in [0, 0.05) is 37.4 Å². The van der Waals surface area contributed by atoms with Crippen LogP contribution in [0.1, 0.15) is 31.6 Å². The number of likely N-dealkylation sites (tertiary alicyclic amines) is 1. The molecule has 0 bridgehead atoms. The number of benzene rings is 1. The van der Waals surface area contributed by atoms with Crippen molar-refractivity contribution in [1.29, 1.82) is 0 Å². The van der Waals surface area contributed by atoms with Gasteiger partial charge in [-0.05, 0) is 43.0 Å². The molecule has 1 aliphatic rings. The summed E-state index contributed by atoms with van der Waals surface area (Å²) in [5.74, 6) is 1.72. The van der Waals surface area contributed by atoms with Gasteiger partial charge in [0.05, 0.1) is 5.69 Å². The average Bonchev–Trinajstić information content (AvgIpc) is 3.25. The Morgan fingerprint density at radius 2 is 1.96 bits per heavy atom. The molecule has 1 aromatic carbocycles. The Hall–Kier alpha value is -2.37. The Morgan fingerprint density at radius 1 is 1.19 bits per heavy atom. The van der Waals surface area contributed by atoms with E-state index in [-0.39, 0.29) is 11.5 Å². The summed E-state index contributed by atoms with van der Waals surface area (Å²) in [6.07, 6.45) is 3.15. The summed E-state index contributed by atoms with van der Waals surface area (Å²) in [5, 5.41) is 4.85. The monoisotopic (exact) mass is 364 g/mol. The summed E-state index contributed by atoms with van der Waals surface area (Å²) in [4.78, 5) is 2.48. The molecule has 2 N–H and O–H groups in total. The molecule has 0 radical (unpaired) electrons. The summed E-state index contributed by atoms with van der Waals surface area (Å²) >= 11 is 0. The Balaban J connectivity index is 1.67. The van der Waals surface area contributed by atoms with E-state index in [0.717, 1.165) is 49.0 Å². The van der Waals surface area contributed by atoms with Crippen LogP contribution in [0.5, 0.6) is 0 Å². The molecule has 1 saturated heterocycles. The number of hydrogen-bond donors (Lipinski definition) is 1. The molecule has 1 unspecified atom stereocenters. The third kappa shape index (κ3) is 3.70. The Labute approximate surface area is 160 Å². The van der Waals surface area contributed by atoms with Gasteiger partial charge >= 0.3 is 0 Å². The predicted molar refractivity (Wildman–Crippen MR) is 108 cm³/mol. The van der Waals surface area contributed by atoms with Crippen LogP contribution in [0.25, 0.3) is 17.1 Å². The van der Waals surface area contributed by atoms with Gasteiger partial charge in [0.2, 0.25) is 0 Å². The highest BCUT2D eigenvalue weighted by Crippen LogP contribution is 2.31. The molecule has 0 aliphatic carbocycles. The van der Waals surface area contributed by atoms with Gasteiger partial charge < -0.3 is 10.2 Å². The molecule has 27 heavy (non-hydrogen) atoms. The van der Waals surface area contributed by atoms with Crippen LogP contribution < -0.4 is 5.73 Å². The molecule has 3 heterocycles. The molecule has 0 amide bonds. The van der Waals surface area contributed by atoms with Crippen molar-refractivity contribution in [2.75, 3.05) is 13.1 Å². The molecular formula is C22H28N4O. The van der Waals surface area contributed by atoms with Crippen LogP contribution in [-0.4, -0.2) is 33.8 Å². The fourth-order valence-electron chi connectivity index (χ4n) is 3.87. The van der Waals surface area contributed by atoms with E-state index in [9.17, 15) is 0 Å². The van der Waals surface area contributed by atoms with Gasteiger partial charge in [-0.25, -0.2) is 4.68 Å². The van der Waals surface area contributed by atoms with Crippen molar-refractivity contribution in [3.05, 3.63) is 60.0 Å². The Morgan fingerprint density at radius 3 is 2.63 bits per heavy atom. The van der Waals surface area contributed by atoms with Crippen molar-refractivity contribution in [3.8, 4) is 17.1 Å². The molecule has 2 aromatic heterocycles. The Kier molecular flexibility index (Phi) is 4.66. The van der Waals surface area contributed by atoms with Gasteiger partial charge in [0.15, 0.2) is 5.76 Å². The van der Waals surface area contributed by atoms with Crippen LogP contribution in [-0.2, 0) is 6.54 Å². The molecule has 5 heteroatoms. The van der Waals surface area contributed by atoms with Crippen LogP contribution in [0.3, 0.4) is 0 Å². The lowest BCUT2D eigenvalue weighted by Crippen LogP contribution is -2.52. The first kappa shape index (κ1) is 18.0. The zero-order valence-corrected chi connectivity index (χ0v) is 16.4. The highest BCUT2D eigenvalue weighted by atomic mass is 16.3. The SMILES string of the molecule is Cc1ccc(-c2nn(-c3ccccc3)cc2CN2CCC(N)C(C)(C)C2)o1. The van der Waals surface area contributed by atoms with Gasteiger partial charge in [-0.15, -0.1) is 0 Å². The van der Waals surface area contributed by atoms with Gasteiger partial charge in [0.1, 0.15) is 11.5 Å². The maximum absolute atomic E-state index is 6.31.